The Kier molecular flexibility index (Phi) is 4.80. The van der Waals surface area contributed by atoms with E-state index >= 15 is 0 Å². The van der Waals surface area contributed by atoms with Crippen LogP contribution in [0.1, 0.15) is 55.2 Å². The van der Waals surface area contributed by atoms with Crippen LogP contribution in [0.5, 0.6) is 11.5 Å². The number of aryl methyl sites for hydroxylation is 1. The fourth-order valence-electron chi connectivity index (χ4n) is 6.83. The van der Waals surface area contributed by atoms with Gasteiger partial charge < -0.3 is 9.84 Å². The fourth-order valence-corrected chi connectivity index (χ4v) is 6.83. The SMILES string of the molecule is COc1cc(C=NNC(=O)C23CC4CC(C2)CC(c2ccc(C)cc2)(C4)C3)ccc1O. The Morgan fingerprint density at radius 1 is 1.13 bits per heavy atom. The number of nitrogens with zero attached hydrogens (tertiary/aromatic N) is 1. The number of hydrogen-bond donors (Lipinski definition) is 2. The molecule has 5 heteroatoms. The van der Waals surface area contributed by atoms with Crippen LogP contribution >= 0.6 is 0 Å². The van der Waals surface area contributed by atoms with Gasteiger partial charge in [0.1, 0.15) is 0 Å². The lowest BCUT2D eigenvalue weighted by atomic mass is 9.42. The predicted octanol–water partition coefficient (Wildman–Crippen LogP) is 4.70. The maximum Gasteiger partial charge on any atom is 0.246 e. The Hall–Kier alpha value is -2.82. The first-order valence-electron chi connectivity index (χ1n) is 11.2. The van der Waals surface area contributed by atoms with Crippen molar-refractivity contribution in [3.63, 3.8) is 0 Å². The summed E-state index contributed by atoms with van der Waals surface area (Å²) in [5.74, 6) is 1.77. The summed E-state index contributed by atoms with van der Waals surface area (Å²) in [4.78, 5) is 13.4. The van der Waals surface area contributed by atoms with Gasteiger partial charge in [-0.3, -0.25) is 4.79 Å². The van der Waals surface area contributed by atoms with Crippen LogP contribution in [-0.2, 0) is 10.2 Å². The summed E-state index contributed by atoms with van der Waals surface area (Å²) in [5.41, 5.74) is 6.10. The van der Waals surface area contributed by atoms with Crippen LogP contribution in [0.2, 0.25) is 0 Å². The van der Waals surface area contributed by atoms with E-state index in [-0.39, 0.29) is 22.5 Å². The molecule has 4 aliphatic rings. The minimum Gasteiger partial charge on any atom is -0.504 e. The zero-order chi connectivity index (χ0) is 21.6. The third-order valence-electron chi connectivity index (χ3n) is 7.79. The Balaban J connectivity index is 1.36. The van der Waals surface area contributed by atoms with E-state index in [4.69, 9.17) is 4.74 Å². The van der Waals surface area contributed by atoms with Gasteiger partial charge in [-0.25, -0.2) is 5.43 Å². The van der Waals surface area contributed by atoms with E-state index < -0.39 is 0 Å². The van der Waals surface area contributed by atoms with Crippen molar-refractivity contribution in [1.82, 2.24) is 5.43 Å². The second-order valence-electron chi connectivity index (χ2n) is 10.0. The van der Waals surface area contributed by atoms with Crippen LogP contribution in [0.25, 0.3) is 0 Å². The molecule has 4 fully saturated rings. The summed E-state index contributed by atoms with van der Waals surface area (Å²) < 4.78 is 5.14. The maximum atomic E-state index is 13.4. The zero-order valence-corrected chi connectivity index (χ0v) is 18.2. The first kappa shape index (κ1) is 20.1. The van der Waals surface area contributed by atoms with E-state index in [2.05, 4.69) is 41.7 Å². The number of methoxy groups -OCH3 is 1. The lowest BCUT2D eigenvalue weighted by Gasteiger charge is -2.61. The van der Waals surface area contributed by atoms with Gasteiger partial charge in [0, 0.05) is 0 Å². The van der Waals surface area contributed by atoms with Crippen LogP contribution in [0.4, 0.5) is 0 Å². The molecule has 4 bridgehead atoms. The molecular weight excluding hydrogens is 388 g/mol. The van der Waals surface area contributed by atoms with Gasteiger partial charge in [0.15, 0.2) is 11.5 Å². The highest BCUT2D eigenvalue weighted by molar-refractivity contribution is 5.86. The molecule has 0 aliphatic heterocycles. The van der Waals surface area contributed by atoms with Gasteiger partial charge >= 0.3 is 0 Å². The molecule has 2 atom stereocenters. The molecule has 2 N–H and O–H groups in total. The molecule has 0 heterocycles. The number of nitrogens with one attached hydrogen (secondary N) is 1. The van der Waals surface area contributed by atoms with Gasteiger partial charge in [0.05, 0.1) is 18.7 Å². The van der Waals surface area contributed by atoms with Crippen LogP contribution in [-0.4, -0.2) is 24.3 Å². The Morgan fingerprint density at radius 3 is 2.52 bits per heavy atom. The van der Waals surface area contributed by atoms with Gasteiger partial charge in [-0.05, 0) is 92.0 Å². The van der Waals surface area contributed by atoms with Gasteiger partial charge in [0.25, 0.3) is 0 Å². The highest BCUT2D eigenvalue weighted by atomic mass is 16.5. The van der Waals surface area contributed by atoms with Gasteiger partial charge in [-0.1, -0.05) is 29.8 Å². The van der Waals surface area contributed by atoms with Gasteiger partial charge in [-0.15, -0.1) is 0 Å². The van der Waals surface area contributed by atoms with E-state index in [9.17, 15) is 9.90 Å². The van der Waals surface area contributed by atoms with Crippen molar-refractivity contribution >= 4 is 12.1 Å². The van der Waals surface area contributed by atoms with Crippen LogP contribution in [0.15, 0.2) is 47.6 Å². The van der Waals surface area contributed by atoms with E-state index in [0.29, 0.717) is 17.6 Å². The van der Waals surface area contributed by atoms with Crippen molar-refractivity contribution in [2.75, 3.05) is 7.11 Å². The highest BCUT2D eigenvalue weighted by Gasteiger charge is 2.60. The van der Waals surface area contributed by atoms with E-state index in [1.807, 2.05) is 0 Å². The molecule has 162 valence electrons. The van der Waals surface area contributed by atoms with Gasteiger partial charge in [0.2, 0.25) is 5.91 Å². The second kappa shape index (κ2) is 7.40. The largest absolute Gasteiger partial charge is 0.504 e. The highest BCUT2D eigenvalue weighted by Crippen LogP contribution is 2.65. The van der Waals surface area contributed by atoms with Crippen molar-refractivity contribution in [2.24, 2.45) is 22.4 Å². The average Bonchev–Trinajstić information content (AvgIpc) is 2.74. The summed E-state index contributed by atoms with van der Waals surface area (Å²) in [7, 11) is 1.51. The molecule has 0 saturated heterocycles. The third-order valence-corrected chi connectivity index (χ3v) is 7.79. The predicted molar refractivity (Wildman–Crippen MR) is 120 cm³/mol. The average molecular weight is 419 g/mol. The minimum absolute atomic E-state index is 0.0556. The number of phenolic OH excluding ortho intramolecular Hbond substituents is 1. The number of carbonyl (C=O) groups is 1. The van der Waals surface area contributed by atoms with Gasteiger partial charge in [-0.2, -0.15) is 5.10 Å². The normalized spacial score (nSPS) is 31.2. The fraction of sp³-hybridized carbons (Fsp3) is 0.462. The Morgan fingerprint density at radius 2 is 1.84 bits per heavy atom. The molecule has 31 heavy (non-hydrogen) atoms. The molecule has 2 aromatic rings. The smallest absolute Gasteiger partial charge is 0.246 e. The molecule has 4 saturated carbocycles. The molecule has 5 nitrogen and oxygen atoms in total. The Bertz CT molecular complexity index is 1010. The number of phenols is 1. The molecule has 0 spiro atoms. The molecule has 4 aliphatic carbocycles. The number of hydrogen-bond acceptors (Lipinski definition) is 4. The summed E-state index contributed by atoms with van der Waals surface area (Å²) >= 11 is 0. The molecule has 1 amide bonds. The standard InChI is InChI=1S/C26H30N2O3/c1-17-3-6-21(7-4-17)25-11-19-9-20(12-25)14-26(13-19,16-25)24(30)28-27-15-18-5-8-22(29)23(10-18)31-2/h3-8,10,15,19-20,29H,9,11-14,16H2,1-2H3,(H,28,30). The quantitative estimate of drug-likeness (QED) is 0.546. The lowest BCUT2D eigenvalue weighted by molar-refractivity contribution is -0.149. The first-order chi connectivity index (χ1) is 14.9. The molecule has 0 aromatic heterocycles. The maximum absolute atomic E-state index is 13.4. The number of carbonyl (C=O) groups excluding carboxylic acids is 1. The monoisotopic (exact) mass is 418 g/mol. The molecule has 0 radical (unpaired) electrons. The van der Waals surface area contributed by atoms with Crippen molar-refractivity contribution in [3.05, 3.63) is 59.2 Å². The number of aromatic hydroxyl groups is 1. The number of hydrazone groups is 1. The zero-order valence-electron chi connectivity index (χ0n) is 18.2. The Labute approximate surface area is 183 Å². The molecular formula is C26H30N2O3. The van der Waals surface area contributed by atoms with Crippen LogP contribution in [0, 0.1) is 24.2 Å². The number of rotatable bonds is 5. The van der Waals surface area contributed by atoms with E-state index in [1.54, 1.807) is 24.4 Å². The summed E-state index contributed by atoms with van der Waals surface area (Å²) in [6.07, 6.45) is 8.16. The summed E-state index contributed by atoms with van der Waals surface area (Å²) in [6, 6.07) is 14.0. The van der Waals surface area contributed by atoms with Crippen molar-refractivity contribution in [2.45, 2.75) is 50.9 Å². The van der Waals surface area contributed by atoms with Crippen LogP contribution in [0.3, 0.4) is 0 Å². The first-order valence-corrected chi connectivity index (χ1v) is 11.2. The molecule has 2 unspecified atom stereocenters. The van der Waals surface area contributed by atoms with Crippen molar-refractivity contribution in [1.29, 1.82) is 0 Å². The topological polar surface area (TPSA) is 70.9 Å². The second-order valence-corrected chi connectivity index (χ2v) is 10.0. The van der Waals surface area contributed by atoms with Crippen LogP contribution < -0.4 is 10.2 Å². The number of amides is 1. The van der Waals surface area contributed by atoms with E-state index in [0.717, 1.165) is 24.8 Å². The summed E-state index contributed by atoms with van der Waals surface area (Å²) in [6.45, 7) is 2.13. The molecule has 6 rings (SSSR count). The summed E-state index contributed by atoms with van der Waals surface area (Å²) in [5, 5.41) is 14.0. The van der Waals surface area contributed by atoms with Crippen molar-refractivity contribution in [3.8, 4) is 11.5 Å². The molecule has 2 aromatic carbocycles. The van der Waals surface area contributed by atoms with Crippen molar-refractivity contribution < 1.29 is 14.6 Å². The minimum atomic E-state index is -0.320. The third kappa shape index (κ3) is 3.50. The number of ether oxygens (including phenoxy) is 1. The van der Waals surface area contributed by atoms with E-state index in [1.165, 1.54) is 37.5 Å². The lowest BCUT2D eigenvalue weighted by Crippen LogP contribution is -2.58. The number of benzene rings is 2.